The van der Waals surface area contributed by atoms with Gasteiger partial charge in [0.15, 0.2) is 0 Å². The van der Waals surface area contributed by atoms with E-state index < -0.39 is 28.9 Å². The van der Waals surface area contributed by atoms with Gasteiger partial charge in [-0.1, -0.05) is 6.92 Å². The Kier molecular flexibility index (Phi) is 5.26. The lowest BCUT2D eigenvalue weighted by Crippen LogP contribution is -2.31. The molecule has 10 heteroatoms. The van der Waals surface area contributed by atoms with Crippen molar-refractivity contribution in [2.24, 2.45) is 5.73 Å². The summed E-state index contributed by atoms with van der Waals surface area (Å²) in [5.41, 5.74) is 4.20. The first-order valence-electron chi connectivity index (χ1n) is 8.77. The molecule has 0 radical (unpaired) electrons. The van der Waals surface area contributed by atoms with E-state index in [4.69, 9.17) is 5.73 Å². The van der Waals surface area contributed by atoms with Gasteiger partial charge in [0.1, 0.15) is 11.5 Å². The number of rotatable bonds is 5. The average Bonchev–Trinajstić information content (AvgIpc) is 2.67. The van der Waals surface area contributed by atoms with Crippen LogP contribution in [0.5, 0.6) is 0 Å². The number of H-pyrrole nitrogens is 1. The standard InChI is InChI=1S/C19H18FN5O4/c1-3-4-25-16-12(18(28)24-19(25)29)5-11(8-22-16)17(27)23-14-7-10(15(21)26)6-13(20)9(14)2/h5-8H,3-4H2,1-2H3,(H2,21,26)(H,23,27)(H,24,28,29). The summed E-state index contributed by atoms with van der Waals surface area (Å²) in [7, 11) is 0. The SMILES string of the molecule is CCCn1c(=O)[nH]c(=O)c2cc(C(=O)Nc3cc(C(N)=O)cc(F)c3C)cnc21. The molecule has 3 aromatic rings. The Morgan fingerprint density at radius 1 is 1.24 bits per heavy atom. The highest BCUT2D eigenvalue weighted by molar-refractivity contribution is 6.06. The molecule has 0 aliphatic rings. The van der Waals surface area contributed by atoms with E-state index in [1.54, 1.807) is 0 Å². The number of anilines is 1. The lowest BCUT2D eigenvalue weighted by Gasteiger charge is -2.12. The van der Waals surface area contributed by atoms with E-state index in [0.717, 1.165) is 6.07 Å². The molecule has 4 N–H and O–H groups in total. The molecule has 0 spiro atoms. The number of primary amides is 1. The molecule has 0 aliphatic carbocycles. The summed E-state index contributed by atoms with van der Waals surface area (Å²) in [5, 5.41) is 2.56. The Morgan fingerprint density at radius 2 is 1.97 bits per heavy atom. The maximum atomic E-state index is 14.0. The molecule has 29 heavy (non-hydrogen) atoms. The number of aromatic nitrogens is 3. The first-order chi connectivity index (χ1) is 13.7. The monoisotopic (exact) mass is 399 g/mol. The quantitative estimate of drug-likeness (QED) is 0.593. The predicted octanol–water partition coefficient (Wildman–Crippen LogP) is 1.29. The van der Waals surface area contributed by atoms with Crippen molar-refractivity contribution in [2.45, 2.75) is 26.8 Å². The Hall–Kier alpha value is -3.82. The number of benzene rings is 1. The zero-order chi connectivity index (χ0) is 21.3. The molecule has 0 bridgehead atoms. The maximum Gasteiger partial charge on any atom is 0.329 e. The van der Waals surface area contributed by atoms with Gasteiger partial charge in [-0.2, -0.15) is 0 Å². The average molecular weight is 399 g/mol. The number of pyridine rings is 1. The van der Waals surface area contributed by atoms with E-state index in [1.165, 1.54) is 29.8 Å². The molecule has 0 atom stereocenters. The summed E-state index contributed by atoms with van der Waals surface area (Å²) in [5.74, 6) is -2.21. The van der Waals surface area contributed by atoms with Crippen LogP contribution in [0.4, 0.5) is 10.1 Å². The number of carbonyl (C=O) groups excluding carboxylic acids is 2. The Balaban J connectivity index is 2.04. The number of fused-ring (bicyclic) bond motifs is 1. The molecular weight excluding hydrogens is 381 g/mol. The number of carbonyl (C=O) groups is 2. The third-order valence-electron chi connectivity index (χ3n) is 4.42. The predicted molar refractivity (Wildman–Crippen MR) is 105 cm³/mol. The molecular formula is C19H18FN5O4. The molecule has 0 unspecified atom stereocenters. The fourth-order valence-electron chi connectivity index (χ4n) is 2.87. The van der Waals surface area contributed by atoms with Gasteiger partial charge in [0.25, 0.3) is 11.5 Å². The summed E-state index contributed by atoms with van der Waals surface area (Å²) in [6, 6.07) is 3.54. The molecule has 150 valence electrons. The number of nitrogens with one attached hydrogen (secondary N) is 2. The highest BCUT2D eigenvalue weighted by Gasteiger charge is 2.16. The van der Waals surface area contributed by atoms with Gasteiger partial charge in [0.05, 0.1) is 10.9 Å². The van der Waals surface area contributed by atoms with Gasteiger partial charge in [0.2, 0.25) is 5.91 Å². The van der Waals surface area contributed by atoms with E-state index in [1.807, 2.05) is 6.92 Å². The second kappa shape index (κ2) is 7.66. The number of amides is 2. The zero-order valence-electron chi connectivity index (χ0n) is 15.7. The van der Waals surface area contributed by atoms with Crippen LogP contribution in [0.25, 0.3) is 11.0 Å². The fraction of sp³-hybridized carbons (Fsp3) is 0.211. The molecule has 3 rings (SSSR count). The molecule has 0 saturated carbocycles. The molecule has 0 fully saturated rings. The summed E-state index contributed by atoms with van der Waals surface area (Å²) in [6.07, 6.45) is 1.86. The summed E-state index contributed by atoms with van der Waals surface area (Å²) < 4.78 is 15.3. The fourth-order valence-corrected chi connectivity index (χ4v) is 2.87. The van der Waals surface area contributed by atoms with Crippen molar-refractivity contribution in [3.63, 3.8) is 0 Å². The maximum absolute atomic E-state index is 14.0. The van der Waals surface area contributed by atoms with Crippen LogP contribution in [0, 0.1) is 12.7 Å². The van der Waals surface area contributed by atoms with Crippen molar-refractivity contribution < 1.29 is 14.0 Å². The van der Waals surface area contributed by atoms with Gasteiger partial charge in [0, 0.05) is 29.6 Å². The van der Waals surface area contributed by atoms with E-state index in [-0.39, 0.29) is 33.4 Å². The van der Waals surface area contributed by atoms with E-state index >= 15 is 0 Å². The molecule has 0 saturated heterocycles. The number of hydrogen-bond acceptors (Lipinski definition) is 5. The molecule has 2 heterocycles. The van der Waals surface area contributed by atoms with Crippen molar-refractivity contribution >= 4 is 28.5 Å². The Bertz CT molecular complexity index is 1260. The largest absolute Gasteiger partial charge is 0.366 e. The van der Waals surface area contributed by atoms with Crippen LogP contribution in [0.15, 0.2) is 34.0 Å². The normalized spacial score (nSPS) is 10.9. The number of nitrogens with zero attached hydrogens (tertiary/aromatic N) is 2. The summed E-state index contributed by atoms with van der Waals surface area (Å²) in [6.45, 7) is 3.65. The number of hydrogen-bond donors (Lipinski definition) is 3. The molecule has 0 aliphatic heterocycles. The van der Waals surface area contributed by atoms with Crippen molar-refractivity contribution in [3.8, 4) is 0 Å². The van der Waals surface area contributed by atoms with Crippen LogP contribution in [0.3, 0.4) is 0 Å². The van der Waals surface area contributed by atoms with Crippen LogP contribution in [0.1, 0.15) is 39.6 Å². The van der Waals surface area contributed by atoms with E-state index in [9.17, 15) is 23.6 Å². The van der Waals surface area contributed by atoms with Crippen molar-refractivity contribution in [3.05, 3.63) is 67.7 Å². The van der Waals surface area contributed by atoms with Crippen molar-refractivity contribution in [1.29, 1.82) is 0 Å². The minimum Gasteiger partial charge on any atom is -0.366 e. The van der Waals surface area contributed by atoms with Crippen LogP contribution in [-0.4, -0.2) is 26.3 Å². The minimum absolute atomic E-state index is 0.0222. The summed E-state index contributed by atoms with van der Waals surface area (Å²) >= 11 is 0. The number of nitrogens with two attached hydrogens (primary N) is 1. The lowest BCUT2D eigenvalue weighted by atomic mass is 10.1. The minimum atomic E-state index is -0.841. The van der Waals surface area contributed by atoms with Crippen LogP contribution >= 0.6 is 0 Å². The Morgan fingerprint density at radius 3 is 2.62 bits per heavy atom. The Labute approximate surface area is 163 Å². The summed E-state index contributed by atoms with van der Waals surface area (Å²) in [4.78, 5) is 54.4. The van der Waals surface area contributed by atoms with Gasteiger partial charge >= 0.3 is 5.69 Å². The topological polar surface area (TPSA) is 140 Å². The van der Waals surface area contributed by atoms with Crippen LogP contribution in [0.2, 0.25) is 0 Å². The van der Waals surface area contributed by atoms with Crippen molar-refractivity contribution in [1.82, 2.24) is 14.5 Å². The third kappa shape index (κ3) is 3.77. The van der Waals surface area contributed by atoms with Crippen molar-refractivity contribution in [2.75, 3.05) is 5.32 Å². The van der Waals surface area contributed by atoms with Gasteiger partial charge < -0.3 is 11.1 Å². The van der Waals surface area contributed by atoms with E-state index in [0.29, 0.717) is 13.0 Å². The highest BCUT2D eigenvalue weighted by Crippen LogP contribution is 2.21. The number of aryl methyl sites for hydroxylation is 1. The van der Waals surface area contributed by atoms with Gasteiger partial charge in [-0.3, -0.25) is 23.9 Å². The second-order valence-electron chi connectivity index (χ2n) is 6.46. The molecule has 1 aromatic carbocycles. The molecule has 9 nitrogen and oxygen atoms in total. The van der Waals surface area contributed by atoms with Crippen LogP contribution < -0.4 is 22.3 Å². The number of halogens is 1. The first-order valence-corrected chi connectivity index (χ1v) is 8.77. The second-order valence-corrected chi connectivity index (χ2v) is 6.46. The van der Waals surface area contributed by atoms with Gasteiger partial charge in [-0.25, -0.2) is 14.2 Å². The first kappa shape index (κ1) is 19.9. The van der Waals surface area contributed by atoms with Crippen LogP contribution in [-0.2, 0) is 6.54 Å². The third-order valence-corrected chi connectivity index (χ3v) is 4.42. The highest BCUT2D eigenvalue weighted by atomic mass is 19.1. The van der Waals surface area contributed by atoms with Gasteiger partial charge in [-0.15, -0.1) is 0 Å². The molecule has 2 aromatic heterocycles. The number of aromatic amines is 1. The zero-order valence-corrected chi connectivity index (χ0v) is 15.7. The van der Waals surface area contributed by atoms with Gasteiger partial charge in [-0.05, 0) is 31.5 Å². The van der Waals surface area contributed by atoms with E-state index in [2.05, 4.69) is 15.3 Å². The lowest BCUT2D eigenvalue weighted by molar-refractivity contribution is 0.0995. The smallest absolute Gasteiger partial charge is 0.329 e. The molecule has 2 amide bonds.